The summed E-state index contributed by atoms with van der Waals surface area (Å²) in [4.78, 5) is 22.6. The van der Waals surface area contributed by atoms with Gasteiger partial charge in [-0.2, -0.15) is 0 Å². The number of carbonyl (C=O) groups is 2. The van der Waals surface area contributed by atoms with Gasteiger partial charge in [0.1, 0.15) is 11.8 Å². The van der Waals surface area contributed by atoms with E-state index in [1.807, 2.05) is 13.8 Å². The number of amides is 1. The SMILES string of the molecule is Cc1cc(C(=O)N[C@@H](CC(C)C)C(=O)O)no1. The van der Waals surface area contributed by atoms with Crippen LogP contribution in [0.1, 0.15) is 36.5 Å². The molecule has 1 amide bonds. The quantitative estimate of drug-likeness (QED) is 0.807. The van der Waals surface area contributed by atoms with Crippen molar-refractivity contribution in [2.24, 2.45) is 5.92 Å². The average molecular weight is 240 g/mol. The Labute approximate surface area is 99.0 Å². The van der Waals surface area contributed by atoms with Gasteiger partial charge >= 0.3 is 5.97 Å². The first kappa shape index (κ1) is 13.2. The molecule has 94 valence electrons. The van der Waals surface area contributed by atoms with Gasteiger partial charge in [-0.15, -0.1) is 0 Å². The first-order valence-electron chi connectivity index (χ1n) is 5.37. The highest BCUT2D eigenvalue weighted by atomic mass is 16.5. The second-order valence-electron chi connectivity index (χ2n) is 4.32. The highest BCUT2D eigenvalue weighted by molar-refractivity contribution is 5.94. The predicted molar refractivity (Wildman–Crippen MR) is 59.6 cm³/mol. The van der Waals surface area contributed by atoms with E-state index >= 15 is 0 Å². The summed E-state index contributed by atoms with van der Waals surface area (Å²) >= 11 is 0. The monoisotopic (exact) mass is 240 g/mol. The molecule has 1 rings (SSSR count). The van der Waals surface area contributed by atoms with Gasteiger partial charge in [-0.05, 0) is 19.3 Å². The highest BCUT2D eigenvalue weighted by Crippen LogP contribution is 2.07. The molecule has 0 fully saturated rings. The van der Waals surface area contributed by atoms with Crippen LogP contribution < -0.4 is 5.32 Å². The first-order valence-corrected chi connectivity index (χ1v) is 5.37. The number of hydrogen-bond donors (Lipinski definition) is 2. The number of carboxylic acid groups (broad SMARTS) is 1. The number of aliphatic carboxylic acids is 1. The van der Waals surface area contributed by atoms with E-state index in [4.69, 9.17) is 9.63 Å². The van der Waals surface area contributed by atoms with Crippen LogP contribution in [0.3, 0.4) is 0 Å². The van der Waals surface area contributed by atoms with Gasteiger partial charge in [0.2, 0.25) is 0 Å². The van der Waals surface area contributed by atoms with E-state index in [1.165, 1.54) is 6.07 Å². The van der Waals surface area contributed by atoms with Crippen molar-refractivity contribution < 1.29 is 19.2 Å². The van der Waals surface area contributed by atoms with Crippen molar-refractivity contribution in [2.75, 3.05) is 0 Å². The highest BCUT2D eigenvalue weighted by Gasteiger charge is 2.23. The van der Waals surface area contributed by atoms with Crippen molar-refractivity contribution in [1.29, 1.82) is 0 Å². The van der Waals surface area contributed by atoms with Crippen molar-refractivity contribution in [2.45, 2.75) is 33.2 Å². The normalized spacial score (nSPS) is 12.5. The lowest BCUT2D eigenvalue weighted by atomic mass is 10.0. The molecule has 0 aromatic carbocycles. The summed E-state index contributed by atoms with van der Waals surface area (Å²) in [6, 6.07) is 0.559. The molecule has 0 unspecified atom stereocenters. The predicted octanol–water partition coefficient (Wildman–Crippen LogP) is 1.21. The molecule has 1 aromatic heterocycles. The average Bonchev–Trinajstić information content (AvgIpc) is 2.63. The van der Waals surface area contributed by atoms with E-state index in [2.05, 4.69) is 10.5 Å². The van der Waals surface area contributed by atoms with Crippen LogP contribution in [0, 0.1) is 12.8 Å². The van der Waals surface area contributed by atoms with Gasteiger partial charge in [-0.25, -0.2) is 4.79 Å². The number of aromatic nitrogens is 1. The van der Waals surface area contributed by atoms with Crippen LogP contribution in [0.2, 0.25) is 0 Å². The maximum atomic E-state index is 11.7. The van der Waals surface area contributed by atoms with Gasteiger partial charge in [0.15, 0.2) is 5.69 Å². The second-order valence-corrected chi connectivity index (χ2v) is 4.32. The molecule has 1 atom stereocenters. The van der Waals surface area contributed by atoms with Crippen LogP contribution in [0.4, 0.5) is 0 Å². The third kappa shape index (κ3) is 3.90. The van der Waals surface area contributed by atoms with E-state index in [0.29, 0.717) is 12.2 Å². The number of rotatable bonds is 5. The summed E-state index contributed by atoms with van der Waals surface area (Å²) in [5.74, 6) is -0.900. The largest absolute Gasteiger partial charge is 0.480 e. The number of hydrogen-bond acceptors (Lipinski definition) is 4. The molecule has 1 heterocycles. The minimum atomic E-state index is -1.05. The minimum Gasteiger partial charge on any atom is -0.480 e. The van der Waals surface area contributed by atoms with Gasteiger partial charge in [0, 0.05) is 6.07 Å². The molecule has 2 N–H and O–H groups in total. The molecular weight excluding hydrogens is 224 g/mol. The van der Waals surface area contributed by atoms with E-state index < -0.39 is 17.9 Å². The summed E-state index contributed by atoms with van der Waals surface area (Å²) in [7, 11) is 0. The number of nitrogens with one attached hydrogen (secondary N) is 1. The van der Waals surface area contributed by atoms with Crippen LogP contribution >= 0.6 is 0 Å². The Bertz CT molecular complexity index is 411. The number of aryl methyl sites for hydroxylation is 1. The Balaban J connectivity index is 2.67. The standard InChI is InChI=1S/C11H16N2O4/c1-6(2)4-9(11(15)16)12-10(14)8-5-7(3)17-13-8/h5-6,9H,4H2,1-3H3,(H,12,14)(H,15,16)/t9-/m0/s1. The van der Waals surface area contributed by atoms with Crippen molar-refractivity contribution in [3.8, 4) is 0 Å². The maximum absolute atomic E-state index is 11.7. The third-order valence-corrected chi connectivity index (χ3v) is 2.17. The molecule has 0 aliphatic heterocycles. The van der Waals surface area contributed by atoms with Gasteiger partial charge < -0.3 is 14.9 Å². The molecule has 0 spiro atoms. The summed E-state index contributed by atoms with van der Waals surface area (Å²) in [6.45, 7) is 5.44. The smallest absolute Gasteiger partial charge is 0.326 e. The Morgan fingerprint density at radius 2 is 2.18 bits per heavy atom. The number of carbonyl (C=O) groups excluding carboxylic acids is 1. The lowest BCUT2D eigenvalue weighted by molar-refractivity contribution is -0.139. The van der Waals surface area contributed by atoms with Crippen LogP contribution in [0.25, 0.3) is 0 Å². The number of carboxylic acids is 1. The van der Waals surface area contributed by atoms with Gasteiger partial charge in [-0.3, -0.25) is 4.79 Å². The fourth-order valence-corrected chi connectivity index (χ4v) is 1.40. The van der Waals surface area contributed by atoms with Crippen molar-refractivity contribution in [3.05, 3.63) is 17.5 Å². The molecule has 1 aromatic rings. The number of nitrogens with zero attached hydrogens (tertiary/aromatic N) is 1. The third-order valence-electron chi connectivity index (χ3n) is 2.17. The van der Waals surface area contributed by atoms with Gasteiger partial charge in [0.25, 0.3) is 5.91 Å². The van der Waals surface area contributed by atoms with Crippen LogP contribution in [0.5, 0.6) is 0 Å². The topological polar surface area (TPSA) is 92.4 Å². The zero-order valence-corrected chi connectivity index (χ0v) is 10.1. The molecule has 0 aliphatic carbocycles. The molecule has 0 saturated carbocycles. The van der Waals surface area contributed by atoms with Crippen molar-refractivity contribution in [1.82, 2.24) is 10.5 Å². The van der Waals surface area contributed by atoms with Crippen molar-refractivity contribution >= 4 is 11.9 Å². The zero-order valence-electron chi connectivity index (χ0n) is 10.1. The van der Waals surface area contributed by atoms with E-state index in [1.54, 1.807) is 6.92 Å². The van der Waals surface area contributed by atoms with E-state index in [9.17, 15) is 9.59 Å². The molecule has 0 radical (unpaired) electrons. The Morgan fingerprint density at radius 3 is 2.59 bits per heavy atom. The van der Waals surface area contributed by atoms with Crippen LogP contribution in [-0.4, -0.2) is 28.2 Å². The molecule has 6 nitrogen and oxygen atoms in total. The molecule has 0 saturated heterocycles. The second kappa shape index (κ2) is 5.47. The lowest BCUT2D eigenvalue weighted by Crippen LogP contribution is -2.41. The fourth-order valence-electron chi connectivity index (χ4n) is 1.40. The molecule has 0 bridgehead atoms. The molecule has 17 heavy (non-hydrogen) atoms. The maximum Gasteiger partial charge on any atom is 0.326 e. The van der Waals surface area contributed by atoms with Crippen LogP contribution in [-0.2, 0) is 4.79 Å². The van der Waals surface area contributed by atoms with Gasteiger partial charge in [0.05, 0.1) is 0 Å². The Kier molecular flexibility index (Phi) is 4.25. The Hall–Kier alpha value is -1.85. The summed E-state index contributed by atoms with van der Waals surface area (Å²) < 4.78 is 4.75. The summed E-state index contributed by atoms with van der Waals surface area (Å²) in [5, 5.41) is 14.9. The molecule has 0 aliphatic rings. The Morgan fingerprint density at radius 1 is 1.53 bits per heavy atom. The van der Waals surface area contributed by atoms with Crippen molar-refractivity contribution in [3.63, 3.8) is 0 Å². The summed E-state index contributed by atoms with van der Waals surface area (Å²) in [6.07, 6.45) is 0.373. The molecule has 6 heteroatoms. The zero-order chi connectivity index (χ0) is 13.0. The van der Waals surface area contributed by atoms with E-state index in [0.717, 1.165) is 0 Å². The summed E-state index contributed by atoms with van der Waals surface area (Å²) in [5.41, 5.74) is 0.0949. The van der Waals surface area contributed by atoms with Gasteiger partial charge in [-0.1, -0.05) is 19.0 Å². The van der Waals surface area contributed by atoms with E-state index in [-0.39, 0.29) is 11.6 Å². The minimum absolute atomic E-state index is 0.0949. The first-order chi connectivity index (χ1) is 7.90. The van der Waals surface area contributed by atoms with Crippen LogP contribution in [0.15, 0.2) is 10.6 Å². The lowest BCUT2D eigenvalue weighted by Gasteiger charge is -2.15. The molecular formula is C11H16N2O4. The fraction of sp³-hybridized carbons (Fsp3) is 0.545.